The first-order chi connectivity index (χ1) is 7.59. The third kappa shape index (κ3) is 2.14. The van der Waals surface area contributed by atoms with Crippen LogP contribution in [0.2, 0.25) is 5.02 Å². The Balaban J connectivity index is 2.11. The second-order valence-corrected chi connectivity index (χ2v) is 4.97. The lowest BCUT2D eigenvalue weighted by Crippen LogP contribution is -2.15. The predicted molar refractivity (Wildman–Crippen MR) is 63.6 cm³/mol. The summed E-state index contributed by atoms with van der Waals surface area (Å²) >= 11 is 6.13. The minimum atomic E-state index is 0.256. The lowest BCUT2D eigenvalue weighted by Gasteiger charge is -2.08. The van der Waals surface area contributed by atoms with E-state index < -0.39 is 0 Å². The lowest BCUT2D eigenvalue weighted by atomic mass is 9.99. The highest BCUT2D eigenvalue weighted by molar-refractivity contribution is 6.32. The zero-order valence-corrected chi connectivity index (χ0v) is 10.5. The van der Waals surface area contributed by atoms with Crippen LogP contribution in [0.5, 0.6) is 0 Å². The van der Waals surface area contributed by atoms with Crippen LogP contribution in [-0.2, 0) is 18.3 Å². The molecule has 0 amide bonds. The predicted octanol–water partition coefficient (Wildman–Crippen LogP) is 2.68. The number of rotatable bonds is 3. The summed E-state index contributed by atoms with van der Waals surface area (Å²) in [7, 11) is 1.84. The number of halogens is 1. The molecule has 4 heteroatoms. The second-order valence-electron chi connectivity index (χ2n) is 4.59. The molecule has 0 unspecified atom stereocenters. The molecule has 1 aliphatic rings. The first-order valence-corrected chi connectivity index (χ1v) is 6.18. The van der Waals surface area contributed by atoms with E-state index in [1.807, 2.05) is 14.0 Å². The zero-order chi connectivity index (χ0) is 11.7. The van der Waals surface area contributed by atoms with Crippen LogP contribution >= 0.6 is 11.6 Å². The van der Waals surface area contributed by atoms with E-state index in [4.69, 9.17) is 11.6 Å². The fourth-order valence-corrected chi connectivity index (χ4v) is 2.66. The number of nitrogens with zero attached hydrogens (tertiary/aromatic N) is 2. The molecule has 0 N–H and O–H groups in total. The Kier molecular flexibility index (Phi) is 3.33. The number of aromatic nitrogens is 2. The summed E-state index contributed by atoms with van der Waals surface area (Å²) in [5, 5.41) is 4.87. The highest BCUT2D eigenvalue weighted by Gasteiger charge is 2.24. The van der Waals surface area contributed by atoms with Gasteiger partial charge >= 0.3 is 0 Å². The summed E-state index contributed by atoms with van der Waals surface area (Å²) in [6.45, 7) is 1.87. The van der Waals surface area contributed by atoms with Crippen LogP contribution in [-0.4, -0.2) is 15.6 Å². The first-order valence-electron chi connectivity index (χ1n) is 5.80. The average Bonchev–Trinajstić information content (AvgIpc) is 2.83. The third-order valence-corrected chi connectivity index (χ3v) is 3.91. The van der Waals surface area contributed by atoms with Gasteiger partial charge in [0, 0.05) is 13.0 Å². The molecule has 0 atom stereocenters. The van der Waals surface area contributed by atoms with Crippen LogP contribution in [0.4, 0.5) is 0 Å². The van der Waals surface area contributed by atoms with E-state index in [0.29, 0.717) is 17.2 Å². The molecule has 2 rings (SSSR count). The van der Waals surface area contributed by atoms with Gasteiger partial charge < -0.3 is 0 Å². The molecule has 0 radical (unpaired) electrons. The number of hydrogen-bond donors (Lipinski definition) is 0. The topological polar surface area (TPSA) is 34.9 Å². The molecule has 1 aliphatic carbocycles. The SMILES string of the molecule is Cc1nn(C)c(CC(=O)C2CCCC2)c1Cl. The Morgan fingerprint density at radius 2 is 2.12 bits per heavy atom. The van der Waals surface area contributed by atoms with Crippen molar-refractivity contribution in [3.63, 3.8) is 0 Å². The molecule has 1 aromatic heterocycles. The van der Waals surface area contributed by atoms with Gasteiger partial charge in [0.2, 0.25) is 0 Å². The van der Waals surface area contributed by atoms with Crippen LogP contribution in [0.15, 0.2) is 0 Å². The Hall–Kier alpha value is -0.830. The largest absolute Gasteiger partial charge is 0.299 e. The van der Waals surface area contributed by atoms with Gasteiger partial charge in [0.15, 0.2) is 0 Å². The van der Waals surface area contributed by atoms with Gasteiger partial charge in [-0.25, -0.2) is 0 Å². The molecule has 88 valence electrons. The van der Waals surface area contributed by atoms with E-state index in [1.54, 1.807) is 4.68 Å². The van der Waals surface area contributed by atoms with Crippen LogP contribution in [0.1, 0.15) is 37.1 Å². The van der Waals surface area contributed by atoms with Crippen molar-refractivity contribution in [2.24, 2.45) is 13.0 Å². The van der Waals surface area contributed by atoms with Gasteiger partial charge in [-0.15, -0.1) is 0 Å². The fraction of sp³-hybridized carbons (Fsp3) is 0.667. The third-order valence-electron chi connectivity index (χ3n) is 3.41. The van der Waals surface area contributed by atoms with Crippen LogP contribution in [0.3, 0.4) is 0 Å². The highest BCUT2D eigenvalue weighted by Crippen LogP contribution is 2.28. The standard InChI is InChI=1S/C12H17ClN2O/c1-8-12(13)10(15(2)14-8)7-11(16)9-5-3-4-6-9/h9H,3-7H2,1-2H3. The van der Waals surface area contributed by atoms with E-state index in [-0.39, 0.29) is 5.92 Å². The first kappa shape index (κ1) is 11.6. The fourth-order valence-electron chi connectivity index (χ4n) is 2.43. The summed E-state index contributed by atoms with van der Waals surface area (Å²) in [6, 6.07) is 0. The van der Waals surface area contributed by atoms with E-state index in [2.05, 4.69) is 5.10 Å². The van der Waals surface area contributed by atoms with Crippen LogP contribution in [0, 0.1) is 12.8 Å². The van der Waals surface area contributed by atoms with Gasteiger partial charge in [-0.05, 0) is 19.8 Å². The summed E-state index contributed by atoms with van der Waals surface area (Å²) in [5.74, 6) is 0.577. The lowest BCUT2D eigenvalue weighted by molar-refractivity contribution is -0.122. The van der Waals surface area contributed by atoms with Crippen molar-refractivity contribution in [2.45, 2.75) is 39.0 Å². The average molecular weight is 241 g/mol. The molecule has 16 heavy (non-hydrogen) atoms. The van der Waals surface area contributed by atoms with Gasteiger partial charge in [0.25, 0.3) is 0 Å². The zero-order valence-electron chi connectivity index (χ0n) is 9.79. The molecular formula is C12H17ClN2O. The molecule has 0 saturated heterocycles. The van der Waals surface area contributed by atoms with Crippen LogP contribution < -0.4 is 0 Å². The molecule has 0 spiro atoms. The molecule has 3 nitrogen and oxygen atoms in total. The summed E-state index contributed by atoms with van der Waals surface area (Å²) in [5.41, 5.74) is 1.66. The van der Waals surface area contributed by atoms with Crippen molar-refractivity contribution in [1.82, 2.24) is 9.78 Å². The number of ketones is 1. The van der Waals surface area contributed by atoms with E-state index in [9.17, 15) is 4.79 Å². The van der Waals surface area contributed by atoms with Crippen molar-refractivity contribution in [3.05, 3.63) is 16.4 Å². The van der Waals surface area contributed by atoms with Gasteiger partial charge in [-0.3, -0.25) is 9.48 Å². The Bertz CT molecular complexity index is 405. The molecule has 0 bridgehead atoms. The Morgan fingerprint density at radius 1 is 1.50 bits per heavy atom. The van der Waals surface area contributed by atoms with Gasteiger partial charge in [-0.2, -0.15) is 5.10 Å². The number of carbonyl (C=O) groups excluding carboxylic acids is 1. The van der Waals surface area contributed by atoms with Gasteiger partial charge in [0.05, 0.1) is 22.8 Å². The van der Waals surface area contributed by atoms with Gasteiger partial charge in [0.1, 0.15) is 5.78 Å². The van der Waals surface area contributed by atoms with E-state index in [1.165, 1.54) is 12.8 Å². The van der Waals surface area contributed by atoms with Crippen molar-refractivity contribution in [3.8, 4) is 0 Å². The van der Waals surface area contributed by atoms with E-state index in [0.717, 1.165) is 24.2 Å². The van der Waals surface area contributed by atoms with Crippen molar-refractivity contribution < 1.29 is 4.79 Å². The number of carbonyl (C=O) groups is 1. The normalized spacial score (nSPS) is 16.9. The minimum absolute atomic E-state index is 0.256. The maximum Gasteiger partial charge on any atom is 0.141 e. The minimum Gasteiger partial charge on any atom is -0.299 e. The quantitative estimate of drug-likeness (QED) is 0.814. The molecule has 0 aliphatic heterocycles. The van der Waals surface area contributed by atoms with Gasteiger partial charge in [-0.1, -0.05) is 24.4 Å². The van der Waals surface area contributed by atoms with Crippen molar-refractivity contribution in [2.75, 3.05) is 0 Å². The maximum atomic E-state index is 12.0. The molecular weight excluding hydrogens is 224 g/mol. The smallest absolute Gasteiger partial charge is 0.141 e. The molecule has 1 heterocycles. The molecule has 1 fully saturated rings. The summed E-state index contributed by atoms with van der Waals surface area (Å²) in [6.07, 6.45) is 4.91. The molecule has 1 aromatic rings. The van der Waals surface area contributed by atoms with Crippen molar-refractivity contribution in [1.29, 1.82) is 0 Å². The number of aryl methyl sites for hydroxylation is 2. The second kappa shape index (κ2) is 4.58. The Labute approximate surface area is 101 Å². The summed E-state index contributed by atoms with van der Waals surface area (Å²) < 4.78 is 1.73. The molecule has 0 aromatic carbocycles. The monoisotopic (exact) mass is 240 g/mol. The maximum absolute atomic E-state index is 12.0. The number of Topliss-reactive ketones (excluding diaryl/α,β-unsaturated/α-hetero) is 1. The summed E-state index contributed by atoms with van der Waals surface area (Å²) in [4.78, 5) is 12.0. The van der Waals surface area contributed by atoms with Crippen LogP contribution in [0.25, 0.3) is 0 Å². The van der Waals surface area contributed by atoms with E-state index >= 15 is 0 Å². The number of hydrogen-bond acceptors (Lipinski definition) is 2. The highest BCUT2D eigenvalue weighted by atomic mass is 35.5. The van der Waals surface area contributed by atoms with Crippen molar-refractivity contribution >= 4 is 17.4 Å². The Morgan fingerprint density at radius 3 is 2.62 bits per heavy atom. The molecule has 1 saturated carbocycles.